The Hall–Kier alpha value is -3.66. The van der Waals surface area contributed by atoms with Gasteiger partial charge in [0.15, 0.2) is 12.4 Å². The maximum Gasteiger partial charge on any atom is 0.257 e. The number of amides is 1. The van der Waals surface area contributed by atoms with E-state index in [2.05, 4.69) is 49.8 Å². The lowest BCUT2D eigenvalue weighted by Gasteiger charge is -2.31. The van der Waals surface area contributed by atoms with Crippen LogP contribution in [0, 0.1) is 0 Å². The zero-order chi connectivity index (χ0) is 24.7. The largest absolute Gasteiger partial charge is 0.481 e. The van der Waals surface area contributed by atoms with E-state index in [0.29, 0.717) is 17.6 Å². The lowest BCUT2D eigenvalue weighted by Crippen LogP contribution is -2.37. The predicted octanol–water partition coefficient (Wildman–Crippen LogP) is 2.79. The average Bonchev–Trinajstić information content (AvgIpc) is 2.94. The second kappa shape index (κ2) is 11.4. The highest BCUT2D eigenvalue weighted by atomic mass is 16.5. The summed E-state index contributed by atoms with van der Waals surface area (Å²) >= 11 is 0. The first kappa shape index (κ1) is 24.1. The van der Waals surface area contributed by atoms with Gasteiger partial charge in [-0.2, -0.15) is 4.98 Å². The Labute approximate surface area is 210 Å². The summed E-state index contributed by atoms with van der Waals surface area (Å²) in [5.41, 5.74) is 0. The van der Waals surface area contributed by atoms with Crippen molar-refractivity contribution >= 4 is 28.4 Å². The lowest BCUT2D eigenvalue weighted by molar-refractivity contribution is -0.122. The smallest absolute Gasteiger partial charge is 0.257 e. The number of likely N-dealkylation sites (N-methyl/N-ethyl adjacent to an activating group) is 1. The SMILES string of the molecule is CNC(=O)COc1cnc(N[C@H]2CC[C@@H](Oc3nc(N4CCOCC4)cc4ccccc34)CC2)nc1. The first-order valence-corrected chi connectivity index (χ1v) is 12.5. The molecule has 0 atom stereocenters. The van der Waals surface area contributed by atoms with E-state index in [1.807, 2.05) is 6.07 Å². The Bertz CT molecular complexity index is 1160. The second-order valence-corrected chi connectivity index (χ2v) is 9.05. The Kier molecular flexibility index (Phi) is 7.61. The molecule has 0 radical (unpaired) electrons. The van der Waals surface area contributed by atoms with Crippen molar-refractivity contribution in [2.24, 2.45) is 0 Å². The zero-order valence-electron chi connectivity index (χ0n) is 20.5. The van der Waals surface area contributed by atoms with Crippen LogP contribution in [0.1, 0.15) is 25.7 Å². The maximum absolute atomic E-state index is 11.3. The summed E-state index contributed by atoms with van der Waals surface area (Å²) in [5, 5.41) is 8.09. The summed E-state index contributed by atoms with van der Waals surface area (Å²) in [6.45, 7) is 3.06. The molecule has 36 heavy (non-hydrogen) atoms. The maximum atomic E-state index is 11.3. The summed E-state index contributed by atoms with van der Waals surface area (Å²) in [7, 11) is 1.57. The molecule has 1 aliphatic carbocycles. The number of aromatic nitrogens is 3. The number of fused-ring (bicyclic) bond motifs is 1. The summed E-state index contributed by atoms with van der Waals surface area (Å²) in [5.74, 6) is 2.47. The third-order valence-electron chi connectivity index (χ3n) is 6.59. The molecule has 2 N–H and O–H groups in total. The van der Waals surface area contributed by atoms with Crippen molar-refractivity contribution in [3.05, 3.63) is 42.7 Å². The van der Waals surface area contributed by atoms with Gasteiger partial charge < -0.3 is 29.7 Å². The summed E-state index contributed by atoms with van der Waals surface area (Å²) in [6, 6.07) is 10.7. The molecule has 190 valence electrons. The van der Waals surface area contributed by atoms with Crippen LogP contribution >= 0.6 is 0 Å². The third kappa shape index (κ3) is 5.93. The van der Waals surface area contributed by atoms with Crippen molar-refractivity contribution in [1.82, 2.24) is 20.3 Å². The van der Waals surface area contributed by atoms with Gasteiger partial charge in [-0.05, 0) is 43.2 Å². The fourth-order valence-electron chi connectivity index (χ4n) is 4.55. The molecule has 1 aromatic carbocycles. The first-order chi connectivity index (χ1) is 17.7. The van der Waals surface area contributed by atoms with Crippen LogP contribution in [0.25, 0.3) is 10.8 Å². The summed E-state index contributed by atoms with van der Waals surface area (Å²) < 4.78 is 17.4. The number of carbonyl (C=O) groups excluding carboxylic acids is 1. The quantitative estimate of drug-likeness (QED) is 0.490. The fourth-order valence-corrected chi connectivity index (χ4v) is 4.55. The van der Waals surface area contributed by atoms with Gasteiger partial charge in [-0.3, -0.25) is 4.79 Å². The molecule has 0 unspecified atom stereocenters. The van der Waals surface area contributed by atoms with Crippen molar-refractivity contribution in [3.8, 4) is 11.6 Å². The molecule has 1 aliphatic heterocycles. The minimum absolute atomic E-state index is 0.0594. The monoisotopic (exact) mass is 492 g/mol. The number of rotatable bonds is 8. The third-order valence-corrected chi connectivity index (χ3v) is 6.59. The molecule has 1 saturated heterocycles. The van der Waals surface area contributed by atoms with E-state index in [9.17, 15) is 4.79 Å². The van der Waals surface area contributed by atoms with Gasteiger partial charge in [-0.15, -0.1) is 0 Å². The Balaban J connectivity index is 1.18. The molecule has 10 nitrogen and oxygen atoms in total. The summed E-state index contributed by atoms with van der Waals surface area (Å²) in [6.07, 6.45) is 7.00. The van der Waals surface area contributed by atoms with Crippen LogP contribution in [0.3, 0.4) is 0 Å². The van der Waals surface area contributed by atoms with Crippen LogP contribution in [0.5, 0.6) is 11.6 Å². The van der Waals surface area contributed by atoms with E-state index in [1.165, 1.54) is 0 Å². The van der Waals surface area contributed by atoms with Crippen molar-refractivity contribution in [2.45, 2.75) is 37.8 Å². The number of pyridine rings is 1. The van der Waals surface area contributed by atoms with Gasteiger partial charge in [0.25, 0.3) is 5.91 Å². The van der Waals surface area contributed by atoms with Gasteiger partial charge in [-0.1, -0.05) is 18.2 Å². The molecule has 10 heteroatoms. The highest BCUT2D eigenvalue weighted by Gasteiger charge is 2.25. The van der Waals surface area contributed by atoms with Gasteiger partial charge in [-0.25, -0.2) is 9.97 Å². The van der Waals surface area contributed by atoms with Gasteiger partial charge in [0, 0.05) is 31.6 Å². The molecule has 0 bridgehead atoms. The van der Waals surface area contributed by atoms with E-state index in [4.69, 9.17) is 19.2 Å². The number of nitrogens with zero attached hydrogens (tertiary/aromatic N) is 4. The average molecular weight is 493 g/mol. The number of hydrogen-bond acceptors (Lipinski definition) is 9. The first-order valence-electron chi connectivity index (χ1n) is 12.5. The molecule has 3 heterocycles. The van der Waals surface area contributed by atoms with Gasteiger partial charge in [0.1, 0.15) is 11.9 Å². The van der Waals surface area contributed by atoms with Crippen molar-refractivity contribution < 1.29 is 19.0 Å². The van der Waals surface area contributed by atoms with Crippen molar-refractivity contribution in [2.75, 3.05) is 50.2 Å². The molecule has 1 saturated carbocycles. The lowest BCUT2D eigenvalue weighted by atomic mass is 9.93. The van der Waals surface area contributed by atoms with E-state index >= 15 is 0 Å². The molecular weight excluding hydrogens is 460 g/mol. The van der Waals surface area contributed by atoms with Crippen LogP contribution in [0.4, 0.5) is 11.8 Å². The summed E-state index contributed by atoms with van der Waals surface area (Å²) in [4.78, 5) is 27.1. The number of hydrogen-bond donors (Lipinski definition) is 2. The zero-order valence-corrected chi connectivity index (χ0v) is 20.5. The number of benzene rings is 1. The normalized spacial score (nSPS) is 20.1. The molecule has 2 aliphatic rings. The molecule has 1 amide bonds. The van der Waals surface area contributed by atoms with Gasteiger partial charge in [0.2, 0.25) is 11.8 Å². The minimum atomic E-state index is -0.202. The number of anilines is 2. The van der Waals surface area contributed by atoms with E-state index in [1.54, 1.807) is 19.4 Å². The van der Waals surface area contributed by atoms with Gasteiger partial charge >= 0.3 is 0 Å². The number of morpholine rings is 1. The number of ether oxygens (including phenoxy) is 3. The molecule has 2 fully saturated rings. The van der Waals surface area contributed by atoms with Crippen LogP contribution < -0.4 is 25.0 Å². The van der Waals surface area contributed by atoms with Gasteiger partial charge in [0.05, 0.1) is 25.6 Å². The van der Waals surface area contributed by atoms with E-state index in [0.717, 1.165) is 68.6 Å². The second-order valence-electron chi connectivity index (χ2n) is 9.05. The Morgan fingerprint density at radius 2 is 1.86 bits per heavy atom. The van der Waals surface area contributed by atoms with Crippen LogP contribution in [0.15, 0.2) is 42.7 Å². The molecule has 5 rings (SSSR count). The molecule has 0 spiro atoms. The predicted molar refractivity (Wildman–Crippen MR) is 137 cm³/mol. The fraction of sp³-hybridized carbons (Fsp3) is 0.462. The minimum Gasteiger partial charge on any atom is -0.481 e. The highest BCUT2D eigenvalue weighted by Crippen LogP contribution is 2.32. The highest BCUT2D eigenvalue weighted by molar-refractivity contribution is 5.89. The van der Waals surface area contributed by atoms with Crippen molar-refractivity contribution in [1.29, 1.82) is 0 Å². The Morgan fingerprint density at radius 3 is 2.61 bits per heavy atom. The molecule has 3 aromatic rings. The Morgan fingerprint density at radius 1 is 1.11 bits per heavy atom. The molecular formula is C26H32N6O4. The van der Waals surface area contributed by atoms with Crippen molar-refractivity contribution in [3.63, 3.8) is 0 Å². The topological polar surface area (TPSA) is 111 Å². The number of carbonyl (C=O) groups is 1. The standard InChI is InChI=1S/C26H32N6O4/c1-27-24(33)17-35-21-15-28-26(29-16-21)30-19-6-8-20(9-7-19)36-25-22-5-3-2-4-18(22)14-23(31-25)32-10-12-34-13-11-32/h2-5,14-16,19-20H,6-13,17H2,1H3,(H,27,33)(H,28,29,30)/t19-,20+. The van der Waals surface area contributed by atoms with E-state index in [-0.39, 0.29) is 24.7 Å². The number of nitrogens with one attached hydrogen (secondary N) is 2. The van der Waals surface area contributed by atoms with Crippen LogP contribution in [-0.2, 0) is 9.53 Å². The van der Waals surface area contributed by atoms with Crippen LogP contribution in [-0.4, -0.2) is 73.0 Å². The van der Waals surface area contributed by atoms with E-state index < -0.39 is 0 Å². The van der Waals surface area contributed by atoms with Crippen LogP contribution in [0.2, 0.25) is 0 Å². The molecule has 2 aromatic heterocycles.